The largest absolute Gasteiger partial charge is 0.377 e. The summed E-state index contributed by atoms with van der Waals surface area (Å²) in [6.07, 6.45) is 8.12. The Morgan fingerprint density at radius 1 is 1.02 bits per heavy atom. The third-order valence-corrected chi connectivity index (χ3v) is 9.50. The Labute approximate surface area is 262 Å². The topological polar surface area (TPSA) is 105 Å². The monoisotopic (exact) mass is 621 g/mol. The van der Waals surface area contributed by atoms with E-state index < -0.39 is 10.9 Å². The normalized spacial score (nSPS) is 20.3. The SMILES string of the molecule is CCC[C@H]1CN(c2ncc(Nc3c(NC4CC4)c(=O)c3=O)cc2Cl)CCN1C1CCN(Cc2ccc(Cl)cc2C#N)CC1. The van der Waals surface area contributed by atoms with Crippen LogP contribution in [0.2, 0.25) is 10.0 Å². The number of rotatable bonds is 10. The number of nitriles is 1. The Morgan fingerprint density at radius 2 is 1.79 bits per heavy atom. The van der Waals surface area contributed by atoms with Gasteiger partial charge in [-0.2, -0.15) is 5.26 Å². The predicted octanol–water partition coefficient (Wildman–Crippen LogP) is 5.13. The highest BCUT2D eigenvalue weighted by atomic mass is 35.5. The van der Waals surface area contributed by atoms with Crippen LogP contribution >= 0.6 is 23.2 Å². The number of pyridine rings is 1. The van der Waals surface area contributed by atoms with Crippen LogP contribution in [0.3, 0.4) is 0 Å². The van der Waals surface area contributed by atoms with Gasteiger partial charge in [0, 0.05) is 49.3 Å². The summed E-state index contributed by atoms with van der Waals surface area (Å²) in [4.78, 5) is 36.3. The first-order chi connectivity index (χ1) is 20.8. The molecular formula is C32H37Cl2N7O2. The molecule has 1 aromatic heterocycles. The molecule has 0 unspecified atom stereocenters. The lowest BCUT2D eigenvalue weighted by atomic mass is 9.96. The van der Waals surface area contributed by atoms with Gasteiger partial charge in [0.1, 0.15) is 17.2 Å². The molecule has 3 fully saturated rings. The highest BCUT2D eigenvalue weighted by Crippen LogP contribution is 2.33. The number of piperazine rings is 1. The first-order valence-electron chi connectivity index (χ1n) is 15.3. The fraction of sp³-hybridized carbons (Fsp3) is 0.500. The molecule has 3 aliphatic rings. The van der Waals surface area contributed by atoms with E-state index in [1.54, 1.807) is 18.3 Å². The van der Waals surface area contributed by atoms with Gasteiger partial charge in [-0.3, -0.25) is 19.4 Å². The molecule has 3 aromatic rings. The number of anilines is 4. The number of likely N-dealkylation sites (tertiary alicyclic amines) is 1. The van der Waals surface area contributed by atoms with Gasteiger partial charge >= 0.3 is 0 Å². The maximum Gasteiger partial charge on any atom is 0.253 e. The van der Waals surface area contributed by atoms with Crippen LogP contribution in [0.5, 0.6) is 0 Å². The van der Waals surface area contributed by atoms with E-state index in [0.717, 1.165) is 89.2 Å². The molecule has 3 heterocycles. The second kappa shape index (κ2) is 12.8. The fourth-order valence-electron chi connectivity index (χ4n) is 6.53. The predicted molar refractivity (Wildman–Crippen MR) is 173 cm³/mol. The smallest absolute Gasteiger partial charge is 0.253 e. The molecule has 2 saturated heterocycles. The van der Waals surface area contributed by atoms with Crippen LogP contribution in [0.4, 0.5) is 22.9 Å². The van der Waals surface area contributed by atoms with E-state index in [1.807, 2.05) is 12.1 Å². The Hall–Kier alpha value is -3.16. The number of nitrogens with one attached hydrogen (secondary N) is 2. The second-order valence-corrected chi connectivity index (χ2v) is 12.9. The zero-order valence-corrected chi connectivity index (χ0v) is 25.9. The molecule has 9 nitrogen and oxygen atoms in total. The van der Waals surface area contributed by atoms with Crippen molar-refractivity contribution in [1.82, 2.24) is 14.8 Å². The molecule has 43 heavy (non-hydrogen) atoms. The molecule has 2 aromatic carbocycles. The lowest BCUT2D eigenvalue weighted by molar-refractivity contribution is 0.0589. The van der Waals surface area contributed by atoms with Crippen LogP contribution in [-0.2, 0) is 6.54 Å². The Morgan fingerprint density at radius 3 is 2.49 bits per heavy atom. The average Bonchev–Trinajstić information content (AvgIpc) is 3.85. The van der Waals surface area contributed by atoms with Crippen molar-refractivity contribution in [3.8, 4) is 6.07 Å². The van der Waals surface area contributed by atoms with E-state index in [9.17, 15) is 14.9 Å². The number of hydrogen-bond donors (Lipinski definition) is 2. The van der Waals surface area contributed by atoms with Gasteiger partial charge in [-0.25, -0.2) is 4.98 Å². The summed E-state index contributed by atoms with van der Waals surface area (Å²) >= 11 is 12.8. The quantitative estimate of drug-likeness (QED) is 0.298. The zero-order chi connectivity index (χ0) is 30.1. The Kier molecular flexibility index (Phi) is 8.92. The lowest BCUT2D eigenvalue weighted by Gasteiger charge is -2.48. The van der Waals surface area contributed by atoms with Crippen LogP contribution in [0, 0.1) is 11.3 Å². The number of piperidine rings is 1. The van der Waals surface area contributed by atoms with E-state index in [1.165, 1.54) is 0 Å². The molecule has 0 spiro atoms. The van der Waals surface area contributed by atoms with Crippen LogP contribution < -0.4 is 26.4 Å². The molecule has 6 rings (SSSR count). The first-order valence-corrected chi connectivity index (χ1v) is 16.0. The van der Waals surface area contributed by atoms with Crippen molar-refractivity contribution in [2.75, 3.05) is 48.3 Å². The Balaban J connectivity index is 1.07. The summed E-state index contributed by atoms with van der Waals surface area (Å²) in [5.41, 5.74) is 1.97. The molecular weight excluding hydrogens is 585 g/mol. The molecule has 0 bridgehead atoms. The van der Waals surface area contributed by atoms with Crippen LogP contribution in [-0.4, -0.2) is 65.6 Å². The summed E-state index contributed by atoms with van der Waals surface area (Å²) in [6, 6.07) is 10.9. The van der Waals surface area contributed by atoms with Crippen molar-refractivity contribution < 1.29 is 0 Å². The van der Waals surface area contributed by atoms with E-state index in [0.29, 0.717) is 44.8 Å². The van der Waals surface area contributed by atoms with Crippen molar-refractivity contribution in [2.45, 2.75) is 70.1 Å². The molecule has 2 N–H and O–H groups in total. The van der Waals surface area contributed by atoms with Crippen molar-refractivity contribution in [1.29, 1.82) is 5.26 Å². The number of benzene rings is 1. The molecule has 1 atom stereocenters. The number of nitrogens with zero attached hydrogens (tertiary/aromatic N) is 5. The zero-order valence-electron chi connectivity index (χ0n) is 24.4. The van der Waals surface area contributed by atoms with Gasteiger partial charge in [-0.05, 0) is 69.0 Å². The van der Waals surface area contributed by atoms with E-state index >= 15 is 0 Å². The van der Waals surface area contributed by atoms with Crippen molar-refractivity contribution >= 4 is 46.1 Å². The van der Waals surface area contributed by atoms with Gasteiger partial charge in [0.05, 0.1) is 28.5 Å². The van der Waals surface area contributed by atoms with Gasteiger partial charge < -0.3 is 15.5 Å². The standard InChI is InChI=1S/C32H37Cl2N7O2/c1-2-3-26-19-40(32-27(34)15-24(17-36-32)38-29-28(30(42)31(29)43)37-23-6-7-23)12-13-41(26)25-8-10-39(11-9-25)18-20-4-5-22(33)14-21(20)16-35/h4-5,14-15,17,23,25-26,37-38H,2-3,6-13,18-19H2,1H3/t26-/m0/s1. The van der Waals surface area contributed by atoms with E-state index in [-0.39, 0.29) is 6.04 Å². The van der Waals surface area contributed by atoms with E-state index in [2.05, 4.69) is 38.3 Å². The van der Waals surface area contributed by atoms with Gasteiger partial charge in [-0.1, -0.05) is 42.6 Å². The first kappa shape index (κ1) is 29.9. The maximum atomic E-state index is 12.2. The fourth-order valence-corrected chi connectivity index (χ4v) is 6.99. The summed E-state index contributed by atoms with van der Waals surface area (Å²) in [5, 5.41) is 16.9. The average molecular weight is 623 g/mol. The van der Waals surface area contributed by atoms with Crippen LogP contribution in [0.1, 0.15) is 56.6 Å². The van der Waals surface area contributed by atoms with Crippen molar-refractivity contribution in [2.24, 2.45) is 0 Å². The second-order valence-electron chi connectivity index (χ2n) is 12.0. The number of halogens is 2. The minimum absolute atomic E-state index is 0.280. The molecule has 1 aliphatic carbocycles. The third-order valence-electron chi connectivity index (χ3n) is 8.99. The van der Waals surface area contributed by atoms with Gasteiger partial charge in [-0.15, -0.1) is 0 Å². The van der Waals surface area contributed by atoms with Gasteiger partial charge in [0.25, 0.3) is 10.9 Å². The summed E-state index contributed by atoms with van der Waals surface area (Å²) in [6.45, 7) is 7.65. The molecule has 0 radical (unpaired) electrons. The molecule has 226 valence electrons. The van der Waals surface area contributed by atoms with Crippen molar-refractivity contribution in [3.05, 3.63) is 72.1 Å². The maximum absolute atomic E-state index is 12.2. The molecule has 1 saturated carbocycles. The minimum atomic E-state index is -0.510. The minimum Gasteiger partial charge on any atom is -0.377 e. The van der Waals surface area contributed by atoms with Crippen LogP contribution in [0.15, 0.2) is 40.1 Å². The Bertz CT molecular complexity index is 1590. The van der Waals surface area contributed by atoms with E-state index in [4.69, 9.17) is 28.2 Å². The number of hydrogen-bond acceptors (Lipinski definition) is 9. The highest BCUT2D eigenvalue weighted by Gasteiger charge is 2.35. The summed E-state index contributed by atoms with van der Waals surface area (Å²) in [7, 11) is 0. The third kappa shape index (κ3) is 6.53. The highest BCUT2D eigenvalue weighted by molar-refractivity contribution is 6.33. The van der Waals surface area contributed by atoms with Gasteiger partial charge in [0.15, 0.2) is 0 Å². The molecule has 2 aliphatic heterocycles. The molecule has 0 amide bonds. The van der Waals surface area contributed by atoms with Gasteiger partial charge in [0.2, 0.25) is 0 Å². The van der Waals surface area contributed by atoms with Crippen molar-refractivity contribution in [3.63, 3.8) is 0 Å². The summed E-state index contributed by atoms with van der Waals surface area (Å²) < 4.78 is 0. The summed E-state index contributed by atoms with van der Waals surface area (Å²) in [5.74, 6) is 0.750. The lowest BCUT2D eigenvalue weighted by Crippen LogP contribution is -2.58. The molecule has 11 heteroatoms. The van der Waals surface area contributed by atoms with Crippen LogP contribution in [0.25, 0.3) is 0 Å². The number of aromatic nitrogens is 1.